The van der Waals surface area contributed by atoms with Crippen molar-refractivity contribution in [2.75, 3.05) is 0 Å². The van der Waals surface area contributed by atoms with Crippen molar-refractivity contribution in [1.82, 2.24) is 15.3 Å². The summed E-state index contributed by atoms with van der Waals surface area (Å²) in [5.41, 5.74) is -1.67. The summed E-state index contributed by atoms with van der Waals surface area (Å²) in [6, 6.07) is 0. The quantitative estimate of drug-likeness (QED) is 0.637. The van der Waals surface area contributed by atoms with Crippen LogP contribution < -0.4 is 11.0 Å². The number of aromatic amines is 2. The summed E-state index contributed by atoms with van der Waals surface area (Å²) in [5, 5.41) is 11.9. The average Bonchev–Trinajstić information content (AvgIpc) is 2.79. The van der Waals surface area contributed by atoms with E-state index in [2.05, 4.69) is 22.2 Å². The van der Waals surface area contributed by atoms with Crippen LogP contribution in [0.1, 0.15) is 43.1 Å². The predicted octanol–water partition coefficient (Wildman–Crippen LogP) is 0.466. The molecule has 0 atom stereocenters. The molecular weight excluding hydrogens is 250 g/mol. The minimum absolute atomic E-state index is 0.0456. The molecule has 1 aliphatic carbocycles. The number of H-pyrrole nitrogens is 2. The van der Waals surface area contributed by atoms with Crippen molar-refractivity contribution in [3.8, 4) is 0 Å². The number of carboxylic acid groups (broad SMARTS) is 1. The highest BCUT2D eigenvalue weighted by atomic mass is 16.4. The number of hydrogen-bond donors (Lipinski definition) is 4. The molecule has 0 aliphatic heterocycles. The van der Waals surface area contributed by atoms with Gasteiger partial charge in [0.15, 0.2) is 0 Å². The van der Waals surface area contributed by atoms with Crippen molar-refractivity contribution < 1.29 is 14.7 Å². The number of rotatable bonds is 3. The van der Waals surface area contributed by atoms with E-state index in [0.717, 1.165) is 12.8 Å². The highest BCUT2D eigenvalue weighted by Crippen LogP contribution is 2.32. The Morgan fingerprint density at radius 3 is 2.53 bits per heavy atom. The molecule has 1 aromatic heterocycles. The summed E-state index contributed by atoms with van der Waals surface area (Å²) < 4.78 is 0. The lowest BCUT2D eigenvalue weighted by atomic mass is 9.77. The molecule has 0 saturated heterocycles. The molecular formula is C12H17N3O4. The summed E-state index contributed by atoms with van der Waals surface area (Å²) in [7, 11) is 0. The molecule has 0 aromatic carbocycles. The first kappa shape index (κ1) is 13.4. The number of carbonyl (C=O) groups excluding carboxylic acids is 1. The van der Waals surface area contributed by atoms with Gasteiger partial charge in [-0.3, -0.25) is 4.79 Å². The fraction of sp³-hybridized carbons (Fsp3) is 0.583. The van der Waals surface area contributed by atoms with Crippen LogP contribution in [0.25, 0.3) is 0 Å². The first-order valence-corrected chi connectivity index (χ1v) is 6.26. The minimum atomic E-state index is -1.22. The van der Waals surface area contributed by atoms with E-state index in [4.69, 9.17) is 0 Å². The number of hydrogen-bond acceptors (Lipinski definition) is 3. The second-order valence-electron chi connectivity index (χ2n) is 5.18. The van der Waals surface area contributed by atoms with Crippen LogP contribution in [-0.4, -0.2) is 32.5 Å². The third kappa shape index (κ3) is 2.69. The van der Waals surface area contributed by atoms with Gasteiger partial charge in [-0.2, -0.15) is 0 Å². The van der Waals surface area contributed by atoms with Gasteiger partial charge in [0.05, 0.1) is 0 Å². The molecule has 1 aliphatic rings. The van der Waals surface area contributed by atoms with E-state index in [1.54, 1.807) is 0 Å². The lowest BCUT2D eigenvalue weighted by molar-refractivity contribution is -0.146. The molecule has 1 aromatic rings. The van der Waals surface area contributed by atoms with E-state index in [1.807, 2.05) is 0 Å². The third-order valence-corrected chi connectivity index (χ3v) is 3.73. The van der Waals surface area contributed by atoms with Gasteiger partial charge in [0.2, 0.25) is 0 Å². The third-order valence-electron chi connectivity index (χ3n) is 3.73. The predicted molar refractivity (Wildman–Crippen MR) is 66.9 cm³/mol. The summed E-state index contributed by atoms with van der Waals surface area (Å²) in [5.74, 6) is -1.13. The van der Waals surface area contributed by atoms with E-state index in [9.17, 15) is 19.5 Å². The van der Waals surface area contributed by atoms with Crippen LogP contribution in [0.5, 0.6) is 0 Å². The normalized spacial score (nSPS) is 26.9. The second-order valence-corrected chi connectivity index (χ2v) is 5.18. The summed E-state index contributed by atoms with van der Waals surface area (Å²) in [6.07, 6.45) is 3.57. The van der Waals surface area contributed by atoms with E-state index < -0.39 is 23.1 Å². The van der Waals surface area contributed by atoms with Gasteiger partial charge in [-0.05, 0) is 31.6 Å². The number of aliphatic carboxylic acids is 1. The zero-order valence-corrected chi connectivity index (χ0v) is 10.7. The Kier molecular flexibility index (Phi) is 3.46. The van der Waals surface area contributed by atoms with E-state index in [1.165, 1.54) is 6.20 Å². The van der Waals surface area contributed by atoms with Gasteiger partial charge >= 0.3 is 11.7 Å². The van der Waals surface area contributed by atoms with Crippen LogP contribution in [0.15, 0.2) is 11.0 Å². The lowest BCUT2D eigenvalue weighted by Crippen LogP contribution is -2.56. The highest BCUT2D eigenvalue weighted by Gasteiger charge is 2.42. The number of nitrogens with one attached hydrogen (secondary N) is 3. The van der Waals surface area contributed by atoms with Crippen molar-refractivity contribution in [3.05, 3.63) is 22.4 Å². The molecule has 104 valence electrons. The van der Waals surface area contributed by atoms with E-state index in [-0.39, 0.29) is 5.69 Å². The number of carbonyl (C=O) groups is 2. The van der Waals surface area contributed by atoms with Crippen LogP contribution >= 0.6 is 0 Å². The highest BCUT2D eigenvalue weighted by molar-refractivity contribution is 5.96. The van der Waals surface area contributed by atoms with Gasteiger partial charge in [-0.15, -0.1) is 0 Å². The lowest BCUT2D eigenvalue weighted by Gasteiger charge is -2.36. The van der Waals surface area contributed by atoms with Crippen molar-refractivity contribution in [2.45, 2.75) is 38.1 Å². The SMILES string of the molecule is CC1CCC(NC(=O)c2c[nH]c(=O)[nH]2)(C(=O)O)CC1. The maximum Gasteiger partial charge on any atom is 0.329 e. The van der Waals surface area contributed by atoms with Crippen LogP contribution in [0, 0.1) is 5.92 Å². The molecule has 1 saturated carbocycles. The smallest absolute Gasteiger partial charge is 0.329 e. The Balaban J connectivity index is 2.15. The molecule has 0 radical (unpaired) electrons. The summed E-state index contributed by atoms with van der Waals surface area (Å²) in [6.45, 7) is 2.07. The van der Waals surface area contributed by atoms with Gasteiger partial charge < -0.3 is 20.4 Å². The molecule has 0 unspecified atom stereocenters. The number of imidazole rings is 1. The molecule has 19 heavy (non-hydrogen) atoms. The molecule has 0 bridgehead atoms. The van der Waals surface area contributed by atoms with Gasteiger partial charge in [0.25, 0.3) is 5.91 Å². The molecule has 1 amide bonds. The average molecular weight is 267 g/mol. The van der Waals surface area contributed by atoms with Crippen LogP contribution in [0.3, 0.4) is 0 Å². The molecule has 4 N–H and O–H groups in total. The molecule has 7 heteroatoms. The van der Waals surface area contributed by atoms with Crippen LogP contribution in [0.4, 0.5) is 0 Å². The Morgan fingerprint density at radius 2 is 2.05 bits per heavy atom. The van der Waals surface area contributed by atoms with Crippen LogP contribution in [0.2, 0.25) is 0 Å². The monoisotopic (exact) mass is 267 g/mol. The van der Waals surface area contributed by atoms with Crippen molar-refractivity contribution in [1.29, 1.82) is 0 Å². The van der Waals surface area contributed by atoms with E-state index >= 15 is 0 Å². The summed E-state index contributed by atoms with van der Waals surface area (Å²) in [4.78, 5) is 39.0. The Morgan fingerprint density at radius 1 is 1.42 bits per heavy atom. The van der Waals surface area contributed by atoms with Gasteiger partial charge in [-0.1, -0.05) is 6.92 Å². The number of carboxylic acids is 1. The Labute approximate surface area is 109 Å². The molecule has 7 nitrogen and oxygen atoms in total. The van der Waals surface area contributed by atoms with Gasteiger partial charge in [0, 0.05) is 6.20 Å². The number of aromatic nitrogens is 2. The largest absolute Gasteiger partial charge is 0.480 e. The van der Waals surface area contributed by atoms with Crippen molar-refractivity contribution in [3.63, 3.8) is 0 Å². The summed E-state index contributed by atoms with van der Waals surface area (Å²) >= 11 is 0. The van der Waals surface area contributed by atoms with Gasteiger partial charge in [0.1, 0.15) is 11.2 Å². The molecule has 1 fully saturated rings. The first-order chi connectivity index (χ1) is 8.93. The van der Waals surface area contributed by atoms with Crippen molar-refractivity contribution in [2.24, 2.45) is 5.92 Å². The van der Waals surface area contributed by atoms with Crippen LogP contribution in [-0.2, 0) is 4.79 Å². The first-order valence-electron chi connectivity index (χ1n) is 6.26. The molecule has 1 heterocycles. The molecule has 2 rings (SSSR count). The Bertz CT molecular complexity index is 537. The fourth-order valence-electron chi connectivity index (χ4n) is 2.39. The van der Waals surface area contributed by atoms with Gasteiger partial charge in [-0.25, -0.2) is 9.59 Å². The maximum absolute atomic E-state index is 12.0. The molecule has 0 spiro atoms. The maximum atomic E-state index is 12.0. The zero-order valence-electron chi connectivity index (χ0n) is 10.7. The topological polar surface area (TPSA) is 115 Å². The fourth-order valence-corrected chi connectivity index (χ4v) is 2.39. The second kappa shape index (κ2) is 4.91. The standard InChI is InChI=1S/C12H17N3O4/c1-7-2-4-12(5-3-7,10(17)18)15-9(16)8-6-13-11(19)14-8/h6-7H,2-5H2,1H3,(H,15,16)(H,17,18)(H2,13,14,19). The van der Waals surface area contributed by atoms with Crippen molar-refractivity contribution >= 4 is 11.9 Å². The number of amides is 1. The Hall–Kier alpha value is -2.05. The zero-order chi connectivity index (χ0) is 14.0. The minimum Gasteiger partial charge on any atom is -0.480 e. The van der Waals surface area contributed by atoms with E-state index in [0.29, 0.717) is 18.8 Å².